The lowest BCUT2D eigenvalue weighted by Crippen LogP contribution is -2.26. The van der Waals surface area contributed by atoms with Crippen LogP contribution >= 0.6 is 0 Å². The van der Waals surface area contributed by atoms with Gasteiger partial charge in [0.05, 0.1) is 12.4 Å². The first kappa shape index (κ1) is 14.0. The third kappa shape index (κ3) is 6.25. The molecular formula is C11H18N2O3S. The van der Waals surface area contributed by atoms with Crippen LogP contribution in [0.1, 0.15) is 12.5 Å². The van der Waals surface area contributed by atoms with Crippen LogP contribution in [0.2, 0.25) is 0 Å². The van der Waals surface area contributed by atoms with Gasteiger partial charge in [-0.3, -0.25) is 0 Å². The molecule has 17 heavy (non-hydrogen) atoms. The van der Waals surface area contributed by atoms with Gasteiger partial charge in [-0.05, 0) is 24.6 Å². The summed E-state index contributed by atoms with van der Waals surface area (Å²) in [7, 11) is -3.38. The zero-order valence-corrected chi connectivity index (χ0v) is 10.7. The number of sulfonamides is 1. The lowest BCUT2D eigenvalue weighted by atomic mass is 10.2. The van der Waals surface area contributed by atoms with Gasteiger partial charge in [0.1, 0.15) is 5.75 Å². The van der Waals surface area contributed by atoms with Gasteiger partial charge in [0.15, 0.2) is 0 Å². The van der Waals surface area contributed by atoms with Gasteiger partial charge in [-0.25, -0.2) is 13.6 Å². The highest BCUT2D eigenvalue weighted by molar-refractivity contribution is 7.89. The molecule has 6 heteroatoms. The Morgan fingerprint density at radius 1 is 1.41 bits per heavy atom. The standard InChI is InChI=1S/C11H18N2O3S/c1-2-16-11-5-3-4-10(8-11)9-13-6-7-17(12,14)15/h3-5,8,13H,2,6-7,9H2,1H3,(H2,12,14,15). The van der Waals surface area contributed by atoms with E-state index in [-0.39, 0.29) is 5.75 Å². The minimum atomic E-state index is -3.38. The van der Waals surface area contributed by atoms with Gasteiger partial charge < -0.3 is 10.1 Å². The summed E-state index contributed by atoms with van der Waals surface area (Å²) >= 11 is 0. The molecule has 0 saturated heterocycles. The molecule has 0 unspecified atom stereocenters. The molecule has 0 aliphatic rings. The van der Waals surface area contributed by atoms with Crippen LogP contribution in [-0.4, -0.2) is 27.3 Å². The Balaban J connectivity index is 2.38. The third-order valence-corrected chi connectivity index (χ3v) is 2.88. The van der Waals surface area contributed by atoms with E-state index < -0.39 is 10.0 Å². The second-order valence-electron chi connectivity index (χ2n) is 3.62. The average molecular weight is 258 g/mol. The maximum absolute atomic E-state index is 10.7. The van der Waals surface area contributed by atoms with Crippen molar-refractivity contribution in [2.75, 3.05) is 18.9 Å². The highest BCUT2D eigenvalue weighted by atomic mass is 32.2. The number of benzene rings is 1. The Labute approximate surface area is 102 Å². The number of nitrogens with one attached hydrogen (secondary N) is 1. The van der Waals surface area contributed by atoms with Gasteiger partial charge >= 0.3 is 0 Å². The van der Waals surface area contributed by atoms with Crippen molar-refractivity contribution >= 4 is 10.0 Å². The molecule has 1 rings (SSSR count). The van der Waals surface area contributed by atoms with Gasteiger partial charge in [-0.15, -0.1) is 0 Å². The lowest BCUT2D eigenvalue weighted by molar-refractivity contribution is 0.340. The smallest absolute Gasteiger partial charge is 0.210 e. The first-order valence-corrected chi connectivity index (χ1v) is 7.16. The van der Waals surface area contributed by atoms with E-state index in [1.807, 2.05) is 31.2 Å². The molecule has 0 aliphatic carbocycles. The number of nitrogens with two attached hydrogens (primary N) is 1. The van der Waals surface area contributed by atoms with Gasteiger partial charge in [0.2, 0.25) is 10.0 Å². The highest BCUT2D eigenvalue weighted by Crippen LogP contribution is 2.12. The molecule has 0 saturated carbocycles. The normalized spacial score (nSPS) is 11.4. The molecule has 96 valence electrons. The van der Waals surface area contributed by atoms with Crippen molar-refractivity contribution in [3.8, 4) is 5.75 Å². The monoisotopic (exact) mass is 258 g/mol. The molecule has 1 aromatic carbocycles. The Hall–Kier alpha value is -1.11. The molecule has 0 aliphatic heterocycles. The Bertz CT molecular complexity index is 446. The zero-order valence-electron chi connectivity index (χ0n) is 9.85. The van der Waals surface area contributed by atoms with Crippen LogP contribution in [0.15, 0.2) is 24.3 Å². The predicted molar refractivity (Wildman–Crippen MR) is 67.3 cm³/mol. The predicted octanol–water partition coefficient (Wildman–Crippen LogP) is 0.463. The summed E-state index contributed by atoms with van der Waals surface area (Å²) in [6, 6.07) is 7.67. The molecule has 0 amide bonds. The van der Waals surface area contributed by atoms with Crippen LogP contribution in [0, 0.1) is 0 Å². The molecule has 0 atom stereocenters. The Morgan fingerprint density at radius 2 is 2.18 bits per heavy atom. The van der Waals surface area contributed by atoms with E-state index in [1.54, 1.807) is 0 Å². The highest BCUT2D eigenvalue weighted by Gasteiger charge is 2.01. The fourth-order valence-electron chi connectivity index (χ4n) is 1.36. The van der Waals surface area contributed by atoms with Gasteiger partial charge in [0.25, 0.3) is 0 Å². The first-order valence-electron chi connectivity index (χ1n) is 5.44. The second-order valence-corrected chi connectivity index (χ2v) is 5.36. The summed E-state index contributed by atoms with van der Waals surface area (Å²) < 4.78 is 26.8. The van der Waals surface area contributed by atoms with Crippen LogP contribution in [0.5, 0.6) is 5.75 Å². The van der Waals surface area contributed by atoms with Crippen molar-refractivity contribution in [2.45, 2.75) is 13.5 Å². The van der Waals surface area contributed by atoms with Crippen LogP contribution in [0.3, 0.4) is 0 Å². The summed E-state index contributed by atoms with van der Waals surface area (Å²) in [5, 5.41) is 7.90. The largest absolute Gasteiger partial charge is 0.494 e. The molecule has 3 N–H and O–H groups in total. The van der Waals surface area contributed by atoms with E-state index in [0.717, 1.165) is 11.3 Å². The third-order valence-electron chi connectivity index (χ3n) is 2.10. The second kappa shape index (κ2) is 6.58. The van der Waals surface area contributed by atoms with Crippen LogP contribution < -0.4 is 15.2 Å². The summed E-state index contributed by atoms with van der Waals surface area (Å²) in [5.41, 5.74) is 1.05. The van der Waals surface area contributed by atoms with Gasteiger partial charge in [0, 0.05) is 13.1 Å². The number of hydrogen-bond acceptors (Lipinski definition) is 4. The van der Waals surface area contributed by atoms with E-state index in [1.165, 1.54) is 0 Å². The van der Waals surface area contributed by atoms with Crippen LogP contribution in [-0.2, 0) is 16.6 Å². The number of rotatable bonds is 7. The van der Waals surface area contributed by atoms with E-state index in [4.69, 9.17) is 9.88 Å². The molecule has 0 radical (unpaired) electrons. The minimum absolute atomic E-state index is 0.0574. The molecular weight excluding hydrogens is 240 g/mol. The van der Waals surface area contributed by atoms with Crippen molar-refractivity contribution in [3.05, 3.63) is 29.8 Å². The van der Waals surface area contributed by atoms with E-state index >= 15 is 0 Å². The maximum atomic E-state index is 10.7. The van der Waals surface area contributed by atoms with Crippen molar-refractivity contribution in [1.82, 2.24) is 5.32 Å². The Morgan fingerprint density at radius 3 is 2.82 bits per heavy atom. The summed E-state index contributed by atoms with van der Waals surface area (Å²) in [6.07, 6.45) is 0. The average Bonchev–Trinajstić information content (AvgIpc) is 2.24. The van der Waals surface area contributed by atoms with Gasteiger partial charge in [-0.1, -0.05) is 12.1 Å². The molecule has 0 heterocycles. The van der Waals surface area contributed by atoms with Crippen LogP contribution in [0.4, 0.5) is 0 Å². The summed E-state index contributed by atoms with van der Waals surface area (Å²) in [4.78, 5) is 0. The quantitative estimate of drug-likeness (QED) is 0.696. The molecule has 0 bridgehead atoms. The SMILES string of the molecule is CCOc1cccc(CNCCS(N)(=O)=O)c1. The lowest BCUT2D eigenvalue weighted by Gasteiger charge is -2.07. The fourth-order valence-corrected chi connectivity index (χ4v) is 1.79. The van der Waals surface area contributed by atoms with Crippen molar-refractivity contribution < 1.29 is 13.2 Å². The molecule has 5 nitrogen and oxygen atoms in total. The van der Waals surface area contributed by atoms with Crippen molar-refractivity contribution in [2.24, 2.45) is 5.14 Å². The first-order chi connectivity index (χ1) is 8.01. The fraction of sp³-hybridized carbons (Fsp3) is 0.455. The summed E-state index contributed by atoms with van der Waals surface area (Å²) in [6.45, 7) is 3.49. The molecule has 0 spiro atoms. The molecule has 1 aromatic rings. The summed E-state index contributed by atoms with van der Waals surface area (Å²) in [5.74, 6) is 0.760. The number of ether oxygens (including phenoxy) is 1. The van der Waals surface area contributed by atoms with E-state index in [2.05, 4.69) is 5.32 Å². The van der Waals surface area contributed by atoms with Gasteiger partial charge in [-0.2, -0.15) is 0 Å². The maximum Gasteiger partial charge on any atom is 0.210 e. The van der Waals surface area contributed by atoms with Crippen molar-refractivity contribution in [1.29, 1.82) is 0 Å². The van der Waals surface area contributed by atoms with Crippen molar-refractivity contribution in [3.63, 3.8) is 0 Å². The number of primary sulfonamides is 1. The Kier molecular flexibility index (Phi) is 5.40. The topological polar surface area (TPSA) is 81.4 Å². The number of hydrogen-bond donors (Lipinski definition) is 2. The molecule has 0 fully saturated rings. The van der Waals surface area contributed by atoms with E-state index in [0.29, 0.717) is 19.7 Å². The van der Waals surface area contributed by atoms with Crippen LogP contribution in [0.25, 0.3) is 0 Å². The molecule has 0 aromatic heterocycles. The minimum Gasteiger partial charge on any atom is -0.494 e. The van der Waals surface area contributed by atoms with E-state index in [9.17, 15) is 8.42 Å². The zero-order chi connectivity index (χ0) is 12.7.